The maximum absolute atomic E-state index is 12.8. The normalized spacial score (nSPS) is 22.0. The van der Waals surface area contributed by atoms with Crippen LogP contribution >= 0.6 is 0 Å². The second-order valence-electron chi connectivity index (χ2n) is 5.87. The number of hydrogen-bond acceptors (Lipinski definition) is 4. The summed E-state index contributed by atoms with van der Waals surface area (Å²) in [7, 11) is 1.90. The minimum Gasteiger partial charge on any atom is -0.347 e. The van der Waals surface area contributed by atoms with Crippen LogP contribution in [0.1, 0.15) is 36.7 Å². The summed E-state index contributed by atoms with van der Waals surface area (Å²) < 4.78 is 1.81. The summed E-state index contributed by atoms with van der Waals surface area (Å²) >= 11 is 0. The number of rotatable bonds is 5. The van der Waals surface area contributed by atoms with E-state index in [1.54, 1.807) is 6.20 Å². The first-order valence-electron chi connectivity index (χ1n) is 8.02. The van der Waals surface area contributed by atoms with Crippen LogP contribution in [0.3, 0.4) is 0 Å². The number of amides is 1. The number of benzene rings is 1. The topological polar surface area (TPSA) is 71.0 Å². The molecule has 0 saturated carbocycles. The van der Waals surface area contributed by atoms with Gasteiger partial charge in [0.25, 0.3) is 0 Å². The number of aryl methyl sites for hydroxylation is 1. The summed E-state index contributed by atoms with van der Waals surface area (Å²) in [4.78, 5) is 12.8. The molecule has 3 N–H and O–H groups in total. The van der Waals surface area contributed by atoms with Crippen molar-refractivity contribution >= 4 is 5.91 Å². The summed E-state index contributed by atoms with van der Waals surface area (Å²) in [5, 5.41) is 7.37. The van der Waals surface area contributed by atoms with E-state index in [1.165, 1.54) is 0 Å². The first-order valence-corrected chi connectivity index (χ1v) is 8.02. The molecule has 1 amide bonds. The zero-order valence-corrected chi connectivity index (χ0v) is 13.5. The van der Waals surface area contributed by atoms with Crippen LogP contribution in [-0.2, 0) is 11.8 Å². The molecule has 2 aromatic rings. The summed E-state index contributed by atoms with van der Waals surface area (Å²) in [5.41, 5.74) is 8.46. The summed E-state index contributed by atoms with van der Waals surface area (Å²) in [6.07, 6.45) is 2.59. The predicted octanol–water partition coefficient (Wildman–Crippen LogP) is 1.45. The van der Waals surface area contributed by atoms with E-state index < -0.39 is 0 Å². The first-order chi connectivity index (χ1) is 11.2. The number of hydrogen-bond donors (Lipinski definition) is 3. The zero-order valence-electron chi connectivity index (χ0n) is 13.5. The minimum absolute atomic E-state index is 0.0137. The summed E-state index contributed by atoms with van der Waals surface area (Å²) in [6.45, 7) is 2.69. The molecule has 6 heteroatoms. The third kappa shape index (κ3) is 3.28. The molecule has 2 heterocycles. The van der Waals surface area contributed by atoms with Crippen molar-refractivity contribution in [2.75, 3.05) is 6.54 Å². The van der Waals surface area contributed by atoms with E-state index in [0.717, 1.165) is 17.7 Å². The Morgan fingerprint density at radius 3 is 2.83 bits per heavy atom. The van der Waals surface area contributed by atoms with Crippen molar-refractivity contribution in [2.24, 2.45) is 13.0 Å². The van der Waals surface area contributed by atoms with Crippen LogP contribution in [0.5, 0.6) is 0 Å². The fourth-order valence-electron chi connectivity index (χ4n) is 3.11. The van der Waals surface area contributed by atoms with Gasteiger partial charge in [-0.25, -0.2) is 5.43 Å². The van der Waals surface area contributed by atoms with Crippen molar-refractivity contribution in [3.8, 4) is 0 Å². The van der Waals surface area contributed by atoms with Crippen molar-refractivity contribution in [3.05, 3.63) is 53.9 Å². The van der Waals surface area contributed by atoms with Crippen molar-refractivity contribution in [2.45, 2.75) is 25.4 Å². The van der Waals surface area contributed by atoms with E-state index in [4.69, 9.17) is 0 Å². The van der Waals surface area contributed by atoms with Gasteiger partial charge < -0.3 is 5.32 Å². The van der Waals surface area contributed by atoms with E-state index >= 15 is 0 Å². The highest BCUT2D eigenvalue weighted by Gasteiger charge is 2.34. The Morgan fingerprint density at radius 1 is 1.39 bits per heavy atom. The van der Waals surface area contributed by atoms with E-state index in [1.807, 2.05) is 48.1 Å². The molecule has 0 radical (unpaired) electrons. The lowest BCUT2D eigenvalue weighted by atomic mass is 9.93. The number of carbonyl (C=O) groups excluding carboxylic acids is 1. The van der Waals surface area contributed by atoms with Gasteiger partial charge in [-0.2, -0.15) is 5.10 Å². The van der Waals surface area contributed by atoms with Crippen LogP contribution in [-0.4, -0.2) is 22.2 Å². The van der Waals surface area contributed by atoms with Gasteiger partial charge in [-0.1, -0.05) is 37.3 Å². The van der Waals surface area contributed by atoms with Crippen LogP contribution in [0.4, 0.5) is 0 Å². The monoisotopic (exact) mass is 313 g/mol. The van der Waals surface area contributed by atoms with E-state index in [2.05, 4.69) is 28.2 Å². The molecule has 1 aliphatic rings. The Hall–Kier alpha value is -2.18. The van der Waals surface area contributed by atoms with Crippen molar-refractivity contribution in [1.82, 2.24) is 25.9 Å². The second kappa shape index (κ2) is 6.93. The van der Waals surface area contributed by atoms with Gasteiger partial charge in [0.2, 0.25) is 5.91 Å². The molecule has 1 aromatic heterocycles. The molecule has 0 spiro atoms. The largest absolute Gasteiger partial charge is 0.347 e. The third-order valence-electron chi connectivity index (χ3n) is 4.42. The van der Waals surface area contributed by atoms with Gasteiger partial charge in [0.1, 0.15) is 0 Å². The Morgan fingerprint density at radius 2 is 2.17 bits per heavy atom. The smallest absolute Gasteiger partial charge is 0.226 e. The number of hydrazine groups is 1. The molecule has 1 aliphatic heterocycles. The summed E-state index contributed by atoms with van der Waals surface area (Å²) in [5.74, 6) is -0.0796. The average Bonchev–Trinajstić information content (AvgIpc) is 3.22. The van der Waals surface area contributed by atoms with Gasteiger partial charge in [-0.3, -0.25) is 14.9 Å². The van der Waals surface area contributed by atoms with Crippen molar-refractivity contribution < 1.29 is 4.79 Å². The third-order valence-corrected chi connectivity index (χ3v) is 4.42. The van der Waals surface area contributed by atoms with Crippen LogP contribution in [0.25, 0.3) is 0 Å². The lowest BCUT2D eigenvalue weighted by Gasteiger charge is -2.22. The Balaban J connectivity index is 1.73. The molecule has 3 rings (SSSR count). The van der Waals surface area contributed by atoms with Crippen molar-refractivity contribution in [1.29, 1.82) is 0 Å². The minimum atomic E-state index is -0.139. The molecule has 1 fully saturated rings. The molecular formula is C17H23N5O. The fourth-order valence-corrected chi connectivity index (χ4v) is 3.11. The van der Waals surface area contributed by atoms with Gasteiger partial charge in [-0.05, 0) is 18.1 Å². The van der Waals surface area contributed by atoms with Crippen LogP contribution in [0, 0.1) is 5.92 Å². The van der Waals surface area contributed by atoms with Crippen LogP contribution < -0.4 is 16.2 Å². The van der Waals surface area contributed by atoms with Gasteiger partial charge >= 0.3 is 0 Å². The Kier molecular flexibility index (Phi) is 4.73. The first kappa shape index (κ1) is 15.7. The zero-order chi connectivity index (χ0) is 16.2. The van der Waals surface area contributed by atoms with Gasteiger partial charge in [0, 0.05) is 19.8 Å². The highest BCUT2D eigenvalue weighted by molar-refractivity contribution is 5.80. The number of nitrogens with zero attached hydrogens (tertiary/aromatic N) is 2. The second-order valence-corrected chi connectivity index (χ2v) is 5.87. The highest BCUT2D eigenvalue weighted by atomic mass is 16.2. The molecule has 6 nitrogen and oxygen atoms in total. The van der Waals surface area contributed by atoms with Gasteiger partial charge in [0.05, 0.1) is 23.7 Å². The standard InChI is InChI=1S/C17H23N5O/c1-3-14(15-9-10-19-22(15)2)20-17(23)13-11-18-21-16(13)12-7-5-4-6-8-12/h4-10,13-14,16,18,21H,3,11H2,1-2H3,(H,20,23). The number of aromatic nitrogens is 2. The molecule has 1 saturated heterocycles. The van der Waals surface area contributed by atoms with Crippen LogP contribution in [0.2, 0.25) is 0 Å². The maximum atomic E-state index is 12.8. The molecule has 122 valence electrons. The Bertz CT molecular complexity index is 654. The van der Waals surface area contributed by atoms with Gasteiger partial charge in [-0.15, -0.1) is 0 Å². The SMILES string of the molecule is CCC(NC(=O)C1CNNC1c1ccccc1)c1ccnn1C. The fraction of sp³-hybridized carbons (Fsp3) is 0.412. The molecule has 3 atom stereocenters. The molecule has 3 unspecified atom stereocenters. The van der Waals surface area contributed by atoms with E-state index in [9.17, 15) is 4.79 Å². The molecule has 23 heavy (non-hydrogen) atoms. The predicted molar refractivity (Wildman–Crippen MR) is 88.2 cm³/mol. The maximum Gasteiger partial charge on any atom is 0.226 e. The molecule has 0 aliphatic carbocycles. The van der Waals surface area contributed by atoms with Crippen molar-refractivity contribution in [3.63, 3.8) is 0 Å². The lowest BCUT2D eigenvalue weighted by Crippen LogP contribution is -2.37. The van der Waals surface area contributed by atoms with Crippen LogP contribution in [0.15, 0.2) is 42.6 Å². The highest BCUT2D eigenvalue weighted by Crippen LogP contribution is 2.26. The van der Waals surface area contributed by atoms with E-state index in [-0.39, 0.29) is 23.9 Å². The average molecular weight is 313 g/mol. The Labute approximate surface area is 136 Å². The number of carbonyl (C=O) groups is 1. The molecule has 0 bridgehead atoms. The number of nitrogens with one attached hydrogen (secondary N) is 3. The quantitative estimate of drug-likeness (QED) is 0.781. The molecule has 1 aromatic carbocycles. The van der Waals surface area contributed by atoms with E-state index in [0.29, 0.717) is 6.54 Å². The van der Waals surface area contributed by atoms with Gasteiger partial charge in [0.15, 0.2) is 0 Å². The lowest BCUT2D eigenvalue weighted by molar-refractivity contribution is -0.125. The summed E-state index contributed by atoms with van der Waals surface area (Å²) in [6, 6.07) is 12.0. The molecular weight excluding hydrogens is 290 g/mol.